The molecule has 0 unspecified atom stereocenters. The van der Waals surface area contributed by atoms with Crippen molar-refractivity contribution in [2.75, 3.05) is 39.8 Å². The standard InChI is InChI=1S/C18H24N4O2S2/c1-21-5-7-22(8-6-21)16(14-4-10-25-13-14)12-20-18(24)17(23)19-11-15-3-2-9-26-15/h2-4,9-10,13,16H,5-8,11-12H2,1H3,(H,19,23)(H,20,24)/t16-/m0/s1. The molecule has 2 aromatic heterocycles. The third-order valence-electron chi connectivity index (χ3n) is 4.57. The summed E-state index contributed by atoms with van der Waals surface area (Å²) < 4.78 is 0. The number of nitrogens with one attached hydrogen (secondary N) is 2. The zero-order valence-electron chi connectivity index (χ0n) is 14.8. The Hall–Kier alpha value is -1.74. The van der Waals surface area contributed by atoms with Crippen molar-refractivity contribution >= 4 is 34.5 Å². The molecule has 140 valence electrons. The molecule has 1 fully saturated rings. The van der Waals surface area contributed by atoms with Gasteiger partial charge in [-0.25, -0.2) is 0 Å². The van der Waals surface area contributed by atoms with Crippen molar-refractivity contribution in [3.63, 3.8) is 0 Å². The Balaban J connectivity index is 1.53. The molecule has 1 atom stereocenters. The molecule has 0 bridgehead atoms. The molecule has 2 amide bonds. The molecule has 0 aliphatic carbocycles. The van der Waals surface area contributed by atoms with Gasteiger partial charge in [-0.3, -0.25) is 14.5 Å². The van der Waals surface area contributed by atoms with E-state index >= 15 is 0 Å². The van der Waals surface area contributed by atoms with Crippen molar-refractivity contribution in [1.29, 1.82) is 0 Å². The highest BCUT2D eigenvalue weighted by atomic mass is 32.1. The van der Waals surface area contributed by atoms with E-state index in [1.807, 2.05) is 22.9 Å². The summed E-state index contributed by atoms with van der Waals surface area (Å²) in [5.41, 5.74) is 1.19. The molecular weight excluding hydrogens is 368 g/mol. The fraction of sp³-hybridized carbons (Fsp3) is 0.444. The average molecular weight is 393 g/mol. The van der Waals surface area contributed by atoms with Gasteiger partial charge in [-0.2, -0.15) is 11.3 Å². The van der Waals surface area contributed by atoms with Crippen LogP contribution in [0.3, 0.4) is 0 Å². The average Bonchev–Trinajstić information content (AvgIpc) is 3.35. The maximum atomic E-state index is 12.2. The number of likely N-dealkylation sites (N-methyl/N-ethyl adjacent to an activating group) is 1. The maximum Gasteiger partial charge on any atom is 0.309 e. The first-order chi connectivity index (χ1) is 12.6. The first-order valence-electron chi connectivity index (χ1n) is 8.66. The van der Waals surface area contributed by atoms with Gasteiger partial charge < -0.3 is 15.5 Å². The van der Waals surface area contributed by atoms with Crippen LogP contribution in [0, 0.1) is 0 Å². The lowest BCUT2D eigenvalue weighted by Crippen LogP contribution is -2.49. The Morgan fingerprint density at radius 3 is 2.54 bits per heavy atom. The van der Waals surface area contributed by atoms with E-state index in [-0.39, 0.29) is 6.04 Å². The normalized spacial score (nSPS) is 17.0. The van der Waals surface area contributed by atoms with Crippen molar-refractivity contribution in [3.8, 4) is 0 Å². The summed E-state index contributed by atoms with van der Waals surface area (Å²) in [6, 6.07) is 6.05. The molecule has 2 aromatic rings. The van der Waals surface area contributed by atoms with Gasteiger partial charge in [-0.1, -0.05) is 6.07 Å². The Labute approximate surface area is 161 Å². The highest BCUT2D eigenvalue weighted by Gasteiger charge is 2.25. The third-order valence-corrected chi connectivity index (χ3v) is 6.15. The topological polar surface area (TPSA) is 64.7 Å². The van der Waals surface area contributed by atoms with Gasteiger partial charge in [-0.15, -0.1) is 11.3 Å². The van der Waals surface area contributed by atoms with Crippen LogP contribution in [0.5, 0.6) is 0 Å². The number of thiophene rings is 2. The monoisotopic (exact) mass is 392 g/mol. The molecule has 0 radical (unpaired) electrons. The third kappa shape index (κ3) is 5.14. The van der Waals surface area contributed by atoms with Gasteiger partial charge in [0, 0.05) is 37.6 Å². The molecule has 6 nitrogen and oxygen atoms in total. The second-order valence-electron chi connectivity index (χ2n) is 6.38. The lowest BCUT2D eigenvalue weighted by molar-refractivity contribution is -0.139. The molecule has 0 spiro atoms. The van der Waals surface area contributed by atoms with Crippen LogP contribution in [0.15, 0.2) is 34.3 Å². The van der Waals surface area contributed by atoms with E-state index in [1.54, 1.807) is 22.7 Å². The largest absolute Gasteiger partial charge is 0.346 e. The Kier molecular flexibility index (Phi) is 6.79. The lowest BCUT2D eigenvalue weighted by Gasteiger charge is -2.37. The fourth-order valence-electron chi connectivity index (χ4n) is 2.99. The molecule has 1 aliphatic rings. The first-order valence-corrected chi connectivity index (χ1v) is 10.5. The first kappa shape index (κ1) is 19.0. The van der Waals surface area contributed by atoms with Crippen molar-refractivity contribution in [2.24, 2.45) is 0 Å². The van der Waals surface area contributed by atoms with E-state index in [2.05, 4.69) is 38.9 Å². The molecule has 3 rings (SSSR count). The van der Waals surface area contributed by atoms with E-state index < -0.39 is 11.8 Å². The number of nitrogens with zero attached hydrogens (tertiary/aromatic N) is 2. The van der Waals surface area contributed by atoms with E-state index in [1.165, 1.54) is 5.56 Å². The summed E-state index contributed by atoms with van der Waals surface area (Å²) in [7, 11) is 2.12. The molecule has 1 saturated heterocycles. The van der Waals surface area contributed by atoms with Crippen LogP contribution in [0.2, 0.25) is 0 Å². The molecule has 0 aromatic carbocycles. The number of hydrogen-bond donors (Lipinski definition) is 2. The highest BCUT2D eigenvalue weighted by molar-refractivity contribution is 7.09. The second kappa shape index (κ2) is 9.27. The minimum absolute atomic E-state index is 0.101. The van der Waals surface area contributed by atoms with Crippen molar-refractivity contribution in [2.45, 2.75) is 12.6 Å². The van der Waals surface area contributed by atoms with Crippen LogP contribution >= 0.6 is 22.7 Å². The second-order valence-corrected chi connectivity index (χ2v) is 8.20. The zero-order valence-corrected chi connectivity index (χ0v) is 16.4. The van der Waals surface area contributed by atoms with E-state index in [4.69, 9.17) is 0 Å². The predicted octanol–water partition coefficient (Wildman–Crippen LogP) is 1.53. The maximum absolute atomic E-state index is 12.2. The van der Waals surface area contributed by atoms with Gasteiger partial charge in [0.05, 0.1) is 12.6 Å². The van der Waals surface area contributed by atoms with Gasteiger partial charge in [0.1, 0.15) is 0 Å². The Morgan fingerprint density at radius 1 is 1.12 bits per heavy atom. The van der Waals surface area contributed by atoms with E-state index in [0.717, 1.165) is 31.1 Å². The van der Waals surface area contributed by atoms with Gasteiger partial charge in [0.15, 0.2) is 0 Å². The van der Waals surface area contributed by atoms with E-state index in [9.17, 15) is 9.59 Å². The van der Waals surface area contributed by atoms with Gasteiger partial charge >= 0.3 is 11.8 Å². The fourth-order valence-corrected chi connectivity index (χ4v) is 4.34. The molecule has 26 heavy (non-hydrogen) atoms. The van der Waals surface area contributed by atoms with Crippen LogP contribution in [0.25, 0.3) is 0 Å². The van der Waals surface area contributed by atoms with Gasteiger partial charge in [0.2, 0.25) is 0 Å². The van der Waals surface area contributed by atoms with E-state index in [0.29, 0.717) is 13.1 Å². The summed E-state index contributed by atoms with van der Waals surface area (Å²) >= 11 is 3.21. The minimum Gasteiger partial charge on any atom is -0.346 e. The number of carbonyl (C=O) groups excluding carboxylic acids is 2. The number of carbonyl (C=O) groups is 2. The molecule has 3 heterocycles. The molecule has 8 heteroatoms. The van der Waals surface area contributed by atoms with Crippen molar-refractivity contribution in [3.05, 3.63) is 44.8 Å². The van der Waals surface area contributed by atoms with Crippen LogP contribution in [0.4, 0.5) is 0 Å². The zero-order chi connectivity index (χ0) is 18.4. The summed E-state index contributed by atoms with van der Waals surface area (Å²) in [6.45, 7) is 4.75. The molecular formula is C18H24N4O2S2. The molecule has 0 saturated carbocycles. The predicted molar refractivity (Wildman–Crippen MR) is 105 cm³/mol. The van der Waals surface area contributed by atoms with Gasteiger partial charge in [-0.05, 0) is 40.9 Å². The molecule has 1 aliphatic heterocycles. The summed E-state index contributed by atoms with van der Waals surface area (Å²) in [6.07, 6.45) is 0. The van der Waals surface area contributed by atoms with Crippen molar-refractivity contribution < 1.29 is 9.59 Å². The number of piperazine rings is 1. The Morgan fingerprint density at radius 2 is 1.88 bits per heavy atom. The van der Waals surface area contributed by atoms with Gasteiger partial charge in [0.25, 0.3) is 0 Å². The summed E-state index contributed by atoms with van der Waals surface area (Å²) in [5, 5.41) is 11.6. The highest BCUT2D eigenvalue weighted by Crippen LogP contribution is 2.23. The number of rotatable bonds is 6. The lowest BCUT2D eigenvalue weighted by atomic mass is 10.1. The Bertz CT molecular complexity index is 695. The SMILES string of the molecule is CN1CCN([C@@H](CNC(=O)C(=O)NCc2cccs2)c2ccsc2)CC1. The molecule has 2 N–H and O–H groups in total. The summed E-state index contributed by atoms with van der Waals surface area (Å²) in [4.78, 5) is 29.9. The van der Waals surface area contributed by atoms with Crippen LogP contribution < -0.4 is 10.6 Å². The minimum atomic E-state index is -0.583. The van der Waals surface area contributed by atoms with Crippen LogP contribution in [-0.2, 0) is 16.1 Å². The smallest absolute Gasteiger partial charge is 0.309 e. The number of amides is 2. The summed E-state index contributed by atoms with van der Waals surface area (Å²) in [5.74, 6) is -1.16. The van der Waals surface area contributed by atoms with Crippen LogP contribution in [-0.4, -0.2) is 61.4 Å². The number of hydrogen-bond acceptors (Lipinski definition) is 6. The van der Waals surface area contributed by atoms with Crippen LogP contribution in [0.1, 0.15) is 16.5 Å². The quantitative estimate of drug-likeness (QED) is 0.732. The van der Waals surface area contributed by atoms with Crippen molar-refractivity contribution in [1.82, 2.24) is 20.4 Å².